The zero-order valence-electron chi connectivity index (χ0n) is 18.6. The average molecular weight is 425 g/mol. The van der Waals surface area contributed by atoms with Gasteiger partial charge >= 0.3 is 0 Å². The highest BCUT2D eigenvalue weighted by molar-refractivity contribution is 5.94. The minimum atomic E-state index is -0.169. The highest BCUT2D eigenvalue weighted by Crippen LogP contribution is 2.41. The van der Waals surface area contributed by atoms with Gasteiger partial charge in [-0.15, -0.1) is 0 Å². The van der Waals surface area contributed by atoms with Crippen molar-refractivity contribution in [2.24, 2.45) is 5.92 Å². The lowest BCUT2D eigenvalue weighted by atomic mass is 9.81. The summed E-state index contributed by atoms with van der Waals surface area (Å²) in [5.74, 6) is 1.12. The monoisotopic (exact) mass is 424 g/mol. The van der Waals surface area contributed by atoms with E-state index in [4.69, 9.17) is 4.74 Å². The maximum Gasteiger partial charge on any atom is 0.254 e. The summed E-state index contributed by atoms with van der Waals surface area (Å²) in [6, 6.07) is 10.4. The van der Waals surface area contributed by atoms with E-state index in [9.17, 15) is 9.59 Å². The molecule has 4 fully saturated rings. The number of likely N-dealkylation sites (tertiary alicyclic amines) is 1. The number of hydrogen-bond donors (Lipinski definition) is 0. The molecule has 5 nitrogen and oxygen atoms in total. The molecule has 4 aliphatic rings. The summed E-state index contributed by atoms with van der Waals surface area (Å²) in [5, 5.41) is 0. The second-order valence-electron chi connectivity index (χ2n) is 10.2. The maximum atomic E-state index is 13.3. The third-order valence-corrected chi connectivity index (χ3v) is 8.02. The van der Waals surface area contributed by atoms with Crippen LogP contribution in [0.4, 0.5) is 0 Å². The van der Waals surface area contributed by atoms with Crippen molar-refractivity contribution in [2.75, 3.05) is 19.7 Å². The van der Waals surface area contributed by atoms with Crippen LogP contribution in [-0.2, 0) is 9.53 Å². The Morgan fingerprint density at radius 2 is 1.68 bits per heavy atom. The largest absolute Gasteiger partial charge is 0.375 e. The first-order valence-electron chi connectivity index (χ1n) is 12.4. The van der Waals surface area contributed by atoms with Gasteiger partial charge in [-0.3, -0.25) is 9.59 Å². The number of benzene rings is 1. The second-order valence-corrected chi connectivity index (χ2v) is 10.2. The normalized spacial score (nSPS) is 26.2. The summed E-state index contributed by atoms with van der Waals surface area (Å²) in [6.07, 6.45) is 11.6. The zero-order chi connectivity index (χ0) is 21.3. The number of ether oxygens (including phenoxy) is 1. The molecule has 2 aliphatic carbocycles. The average Bonchev–Trinajstić information content (AvgIpc) is 3.49. The first-order chi connectivity index (χ1) is 15.1. The Labute approximate surface area is 186 Å². The zero-order valence-corrected chi connectivity index (χ0v) is 18.6. The number of piperidine rings is 1. The molecule has 2 aliphatic heterocycles. The van der Waals surface area contributed by atoms with Gasteiger partial charge in [-0.25, -0.2) is 0 Å². The Kier molecular flexibility index (Phi) is 6.05. The Morgan fingerprint density at radius 1 is 0.968 bits per heavy atom. The maximum absolute atomic E-state index is 13.3. The van der Waals surface area contributed by atoms with Gasteiger partial charge in [0.1, 0.15) is 0 Å². The van der Waals surface area contributed by atoms with Crippen LogP contribution in [0.3, 0.4) is 0 Å². The van der Waals surface area contributed by atoms with E-state index in [-0.39, 0.29) is 17.6 Å². The summed E-state index contributed by atoms with van der Waals surface area (Å²) in [4.78, 5) is 30.4. The molecule has 2 saturated heterocycles. The molecule has 1 unspecified atom stereocenters. The molecular formula is C26H36N2O3. The van der Waals surface area contributed by atoms with Gasteiger partial charge in [0.05, 0.1) is 5.60 Å². The van der Waals surface area contributed by atoms with E-state index in [2.05, 4.69) is 9.80 Å². The molecule has 2 heterocycles. The van der Waals surface area contributed by atoms with Crippen molar-refractivity contribution in [3.8, 4) is 0 Å². The molecule has 2 saturated carbocycles. The smallest absolute Gasteiger partial charge is 0.254 e. The highest BCUT2D eigenvalue weighted by atomic mass is 16.5. The second kappa shape index (κ2) is 8.93. The van der Waals surface area contributed by atoms with Crippen LogP contribution in [0.15, 0.2) is 30.3 Å². The van der Waals surface area contributed by atoms with E-state index in [1.807, 2.05) is 30.3 Å². The summed E-state index contributed by atoms with van der Waals surface area (Å²) in [5.41, 5.74) is 0.624. The van der Waals surface area contributed by atoms with Gasteiger partial charge in [0.2, 0.25) is 5.91 Å². The summed E-state index contributed by atoms with van der Waals surface area (Å²) in [6.45, 7) is 2.31. The van der Waals surface area contributed by atoms with Crippen molar-refractivity contribution >= 4 is 11.8 Å². The molecular weight excluding hydrogens is 388 g/mol. The van der Waals surface area contributed by atoms with Crippen LogP contribution in [0.5, 0.6) is 0 Å². The molecule has 1 aromatic rings. The summed E-state index contributed by atoms with van der Waals surface area (Å²) >= 11 is 0. The van der Waals surface area contributed by atoms with Gasteiger partial charge in [0, 0.05) is 43.8 Å². The molecule has 1 spiro atoms. The lowest BCUT2D eigenvalue weighted by molar-refractivity contribution is -0.148. The summed E-state index contributed by atoms with van der Waals surface area (Å²) in [7, 11) is 0. The van der Waals surface area contributed by atoms with E-state index >= 15 is 0 Å². The lowest BCUT2D eigenvalue weighted by Gasteiger charge is -2.48. The van der Waals surface area contributed by atoms with Crippen LogP contribution < -0.4 is 0 Å². The third-order valence-electron chi connectivity index (χ3n) is 8.02. The number of rotatable bonds is 5. The molecule has 1 aromatic carbocycles. The van der Waals surface area contributed by atoms with Crippen molar-refractivity contribution in [1.29, 1.82) is 0 Å². The number of nitrogens with zero attached hydrogens (tertiary/aromatic N) is 2. The van der Waals surface area contributed by atoms with Gasteiger partial charge < -0.3 is 14.5 Å². The van der Waals surface area contributed by atoms with E-state index in [0.29, 0.717) is 24.5 Å². The van der Waals surface area contributed by atoms with Crippen LogP contribution in [-0.4, -0.2) is 59.0 Å². The molecule has 0 N–H and O–H groups in total. The van der Waals surface area contributed by atoms with Crippen molar-refractivity contribution in [3.63, 3.8) is 0 Å². The van der Waals surface area contributed by atoms with Crippen LogP contribution in [0.2, 0.25) is 0 Å². The molecule has 168 valence electrons. The molecule has 5 rings (SSSR count). The van der Waals surface area contributed by atoms with Gasteiger partial charge in [-0.05, 0) is 69.4 Å². The Hall–Kier alpha value is -1.88. The van der Waals surface area contributed by atoms with Gasteiger partial charge in [0.25, 0.3) is 5.91 Å². The molecule has 1 atom stereocenters. The number of hydrogen-bond acceptors (Lipinski definition) is 3. The predicted octanol–water partition coefficient (Wildman–Crippen LogP) is 4.41. The first kappa shape index (κ1) is 21.0. The fraction of sp³-hybridized carbons (Fsp3) is 0.692. The SMILES string of the molecule is O=C(CC1CCCC1)N1CCC2(CC1)CC(N(C(=O)c1ccccc1)C1CC1)CCO2. The minimum absolute atomic E-state index is 0.169. The van der Waals surface area contributed by atoms with Gasteiger partial charge in [-0.1, -0.05) is 31.0 Å². The predicted molar refractivity (Wildman–Crippen MR) is 120 cm³/mol. The highest BCUT2D eigenvalue weighted by Gasteiger charge is 2.46. The Morgan fingerprint density at radius 3 is 2.35 bits per heavy atom. The van der Waals surface area contributed by atoms with Crippen LogP contribution in [0.1, 0.15) is 81.0 Å². The van der Waals surface area contributed by atoms with Crippen molar-refractivity contribution in [3.05, 3.63) is 35.9 Å². The van der Waals surface area contributed by atoms with E-state index < -0.39 is 0 Å². The topological polar surface area (TPSA) is 49.9 Å². The van der Waals surface area contributed by atoms with Crippen molar-refractivity contribution in [2.45, 2.75) is 88.3 Å². The minimum Gasteiger partial charge on any atom is -0.375 e. The van der Waals surface area contributed by atoms with Crippen LogP contribution in [0.25, 0.3) is 0 Å². The van der Waals surface area contributed by atoms with Crippen LogP contribution >= 0.6 is 0 Å². The molecule has 0 aromatic heterocycles. The van der Waals surface area contributed by atoms with Crippen molar-refractivity contribution < 1.29 is 14.3 Å². The molecule has 2 amide bonds. The number of amides is 2. The Bertz CT molecular complexity index is 777. The molecule has 31 heavy (non-hydrogen) atoms. The van der Waals surface area contributed by atoms with Crippen LogP contribution in [0, 0.1) is 5.92 Å². The molecule has 0 radical (unpaired) electrons. The third kappa shape index (κ3) is 4.67. The van der Waals surface area contributed by atoms with E-state index in [1.165, 1.54) is 25.7 Å². The van der Waals surface area contributed by atoms with Crippen molar-refractivity contribution in [1.82, 2.24) is 9.80 Å². The van der Waals surface area contributed by atoms with E-state index in [1.54, 1.807) is 0 Å². The fourth-order valence-electron chi connectivity index (χ4n) is 6.05. The quantitative estimate of drug-likeness (QED) is 0.703. The fourth-order valence-corrected chi connectivity index (χ4v) is 6.05. The first-order valence-corrected chi connectivity index (χ1v) is 12.4. The summed E-state index contributed by atoms with van der Waals surface area (Å²) < 4.78 is 6.36. The van der Waals surface area contributed by atoms with E-state index in [0.717, 1.165) is 63.6 Å². The standard InChI is InChI=1S/C26H36N2O3/c29-24(18-20-6-4-5-7-20)27-15-13-26(14-16-27)19-23(12-17-31-26)28(22-10-11-22)25(30)21-8-2-1-3-9-21/h1-3,8-9,20,22-23H,4-7,10-19H2. The lowest BCUT2D eigenvalue weighted by Crippen LogP contribution is -2.55. The number of carbonyl (C=O) groups excluding carboxylic acids is 2. The molecule has 0 bridgehead atoms. The number of carbonyl (C=O) groups is 2. The van der Waals surface area contributed by atoms with Gasteiger partial charge in [0.15, 0.2) is 0 Å². The molecule has 5 heteroatoms. The Balaban J connectivity index is 1.21. The van der Waals surface area contributed by atoms with Gasteiger partial charge in [-0.2, -0.15) is 0 Å².